The Balaban J connectivity index is 1.39. The summed E-state index contributed by atoms with van der Waals surface area (Å²) in [5.41, 5.74) is 6.89. The highest BCUT2D eigenvalue weighted by molar-refractivity contribution is 7.80. The van der Waals surface area contributed by atoms with Crippen LogP contribution in [0.15, 0.2) is 28.7 Å². The molecule has 1 saturated carbocycles. The Bertz CT molecular complexity index is 661. The lowest BCUT2D eigenvalue weighted by Gasteiger charge is -2.15. The van der Waals surface area contributed by atoms with Crippen molar-refractivity contribution in [2.45, 2.75) is 44.6 Å². The van der Waals surface area contributed by atoms with Gasteiger partial charge in [0.15, 0.2) is 16.6 Å². The van der Waals surface area contributed by atoms with Crippen LogP contribution in [0.4, 0.5) is 0 Å². The molecule has 1 fully saturated rings. The van der Waals surface area contributed by atoms with Crippen molar-refractivity contribution in [3.05, 3.63) is 30.2 Å². The molecule has 0 atom stereocenters. The highest BCUT2D eigenvalue weighted by atomic mass is 32.1. The summed E-state index contributed by atoms with van der Waals surface area (Å²) in [4.78, 5) is 16.2. The van der Waals surface area contributed by atoms with Gasteiger partial charge in [-0.2, -0.15) is 0 Å². The number of nitrogens with one attached hydrogen (secondary N) is 3. The summed E-state index contributed by atoms with van der Waals surface area (Å²) in [6.45, 7) is 0. The summed E-state index contributed by atoms with van der Waals surface area (Å²) in [7, 11) is 0. The van der Waals surface area contributed by atoms with Gasteiger partial charge < -0.3 is 9.73 Å². The Labute approximate surface area is 140 Å². The van der Waals surface area contributed by atoms with Crippen molar-refractivity contribution in [1.82, 2.24) is 21.2 Å². The minimum atomic E-state index is -0.150. The molecule has 1 aliphatic carbocycles. The van der Waals surface area contributed by atoms with E-state index in [1.54, 1.807) is 0 Å². The quantitative estimate of drug-likeness (QED) is 0.588. The molecule has 7 heteroatoms. The van der Waals surface area contributed by atoms with E-state index >= 15 is 0 Å². The van der Waals surface area contributed by atoms with Gasteiger partial charge >= 0.3 is 0 Å². The number of carbonyl (C=O) groups is 1. The van der Waals surface area contributed by atoms with E-state index in [9.17, 15) is 4.79 Å². The summed E-state index contributed by atoms with van der Waals surface area (Å²) < 4.78 is 5.58. The summed E-state index contributed by atoms with van der Waals surface area (Å²) in [5.74, 6) is 0.413. The predicted molar refractivity (Wildman–Crippen MR) is 91.6 cm³/mol. The third-order valence-corrected chi connectivity index (χ3v) is 4.13. The van der Waals surface area contributed by atoms with Crippen LogP contribution in [0, 0.1) is 0 Å². The molecule has 0 spiro atoms. The van der Waals surface area contributed by atoms with Crippen molar-refractivity contribution < 1.29 is 9.21 Å². The number of amides is 1. The Morgan fingerprint density at radius 2 is 2.04 bits per heavy atom. The van der Waals surface area contributed by atoms with Crippen molar-refractivity contribution in [3.8, 4) is 0 Å². The van der Waals surface area contributed by atoms with Gasteiger partial charge in [-0.25, -0.2) is 4.98 Å². The van der Waals surface area contributed by atoms with Crippen LogP contribution in [0.25, 0.3) is 11.1 Å². The van der Waals surface area contributed by atoms with E-state index in [1.165, 1.54) is 12.8 Å². The van der Waals surface area contributed by atoms with E-state index in [2.05, 4.69) is 21.2 Å². The Hall–Kier alpha value is -2.15. The number of para-hydroxylation sites is 2. The van der Waals surface area contributed by atoms with Crippen LogP contribution in [0.2, 0.25) is 0 Å². The molecule has 1 aliphatic rings. The first kappa shape index (κ1) is 15.7. The fourth-order valence-corrected chi connectivity index (χ4v) is 2.95. The topological polar surface area (TPSA) is 79.2 Å². The fourth-order valence-electron chi connectivity index (χ4n) is 2.73. The average molecular weight is 332 g/mol. The van der Waals surface area contributed by atoms with Gasteiger partial charge in [0.1, 0.15) is 5.52 Å². The van der Waals surface area contributed by atoms with Gasteiger partial charge in [-0.3, -0.25) is 15.6 Å². The smallest absolute Gasteiger partial charge is 0.238 e. The standard InChI is InChI=1S/C16H20N4O2S/c21-14(19-20-16(23)17-11-5-1-2-6-11)9-10-15-18-12-7-3-4-8-13(12)22-15/h3-4,7-8,11H,1-2,5-6,9-10H2,(H,19,21)(H2,17,20,23). The number of nitrogens with zero attached hydrogens (tertiary/aromatic N) is 1. The van der Waals surface area contributed by atoms with Crippen LogP contribution in [0.1, 0.15) is 38.0 Å². The van der Waals surface area contributed by atoms with Gasteiger partial charge in [-0.15, -0.1) is 0 Å². The molecule has 23 heavy (non-hydrogen) atoms. The lowest BCUT2D eigenvalue weighted by atomic mass is 10.3. The zero-order chi connectivity index (χ0) is 16.1. The van der Waals surface area contributed by atoms with E-state index in [4.69, 9.17) is 16.6 Å². The molecule has 3 rings (SSSR count). The van der Waals surface area contributed by atoms with Crippen LogP contribution in [0.3, 0.4) is 0 Å². The largest absolute Gasteiger partial charge is 0.441 e. The van der Waals surface area contributed by atoms with Crippen molar-refractivity contribution in [2.24, 2.45) is 0 Å². The molecule has 1 heterocycles. The molecule has 0 unspecified atom stereocenters. The molecular weight excluding hydrogens is 312 g/mol. The number of aromatic nitrogens is 1. The molecule has 0 saturated heterocycles. The number of fused-ring (bicyclic) bond motifs is 1. The van der Waals surface area contributed by atoms with Crippen LogP contribution in [0.5, 0.6) is 0 Å². The first-order chi connectivity index (χ1) is 11.2. The van der Waals surface area contributed by atoms with E-state index in [0.717, 1.165) is 23.9 Å². The maximum absolute atomic E-state index is 11.8. The van der Waals surface area contributed by atoms with Crippen molar-refractivity contribution in [2.75, 3.05) is 0 Å². The number of aryl methyl sites for hydroxylation is 1. The maximum atomic E-state index is 11.8. The van der Waals surface area contributed by atoms with Crippen molar-refractivity contribution >= 4 is 34.3 Å². The Kier molecular flexibility index (Phi) is 5.07. The minimum Gasteiger partial charge on any atom is -0.441 e. The number of hydrogen-bond acceptors (Lipinski definition) is 4. The summed E-state index contributed by atoms with van der Waals surface area (Å²) >= 11 is 5.16. The van der Waals surface area contributed by atoms with Gasteiger partial charge in [0, 0.05) is 18.9 Å². The number of benzene rings is 1. The summed E-state index contributed by atoms with van der Waals surface area (Å²) in [6, 6.07) is 7.97. The second-order valence-corrected chi connectivity index (χ2v) is 6.11. The van der Waals surface area contributed by atoms with Crippen LogP contribution >= 0.6 is 12.2 Å². The third-order valence-electron chi connectivity index (χ3n) is 3.91. The highest BCUT2D eigenvalue weighted by Crippen LogP contribution is 2.17. The van der Waals surface area contributed by atoms with Crippen molar-refractivity contribution in [1.29, 1.82) is 0 Å². The molecule has 6 nitrogen and oxygen atoms in total. The molecular formula is C16H20N4O2S. The Morgan fingerprint density at radius 3 is 2.83 bits per heavy atom. The molecule has 2 aromatic rings. The van der Waals surface area contributed by atoms with Gasteiger partial charge in [0.2, 0.25) is 5.91 Å². The van der Waals surface area contributed by atoms with Crippen LogP contribution < -0.4 is 16.2 Å². The van der Waals surface area contributed by atoms with Gasteiger partial charge in [-0.05, 0) is 37.2 Å². The molecule has 122 valence electrons. The van der Waals surface area contributed by atoms with Gasteiger partial charge in [0.05, 0.1) is 0 Å². The number of thiocarbonyl (C=S) groups is 1. The molecule has 1 aromatic heterocycles. The normalized spacial score (nSPS) is 14.8. The fraction of sp³-hybridized carbons (Fsp3) is 0.438. The molecule has 3 N–H and O–H groups in total. The van der Waals surface area contributed by atoms with Crippen molar-refractivity contribution in [3.63, 3.8) is 0 Å². The van der Waals surface area contributed by atoms with Crippen LogP contribution in [-0.2, 0) is 11.2 Å². The summed E-state index contributed by atoms with van der Waals surface area (Å²) in [5, 5.41) is 3.67. The number of oxazole rings is 1. The zero-order valence-corrected chi connectivity index (χ0v) is 13.6. The van der Waals surface area contributed by atoms with E-state index in [0.29, 0.717) is 23.5 Å². The number of rotatable bonds is 4. The predicted octanol–water partition coefficient (Wildman–Crippen LogP) is 2.20. The number of hydrogen-bond donors (Lipinski definition) is 3. The molecule has 0 bridgehead atoms. The lowest BCUT2D eigenvalue weighted by Crippen LogP contribution is -2.49. The first-order valence-corrected chi connectivity index (χ1v) is 8.31. The zero-order valence-electron chi connectivity index (χ0n) is 12.8. The number of carbonyl (C=O) groups excluding carboxylic acids is 1. The second-order valence-electron chi connectivity index (χ2n) is 5.70. The molecule has 1 amide bonds. The highest BCUT2D eigenvalue weighted by Gasteiger charge is 2.15. The molecule has 0 radical (unpaired) electrons. The number of hydrazine groups is 1. The first-order valence-electron chi connectivity index (χ1n) is 7.90. The summed E-state index contributed by atoms with van der Waals surface area (Å²) in [6.07, 6.45) is 5.46. The monoisotopic (exact) mass is 332 g/mol. The average Bonchev–Trinajstić information content (AvgIpc) is 3.19. The van der Waals surface area contributed by atoms with E-state index in [1.807, 2.05) is 24.3 Å². The maximum Gasteiger partial charge on any atom is 0.238 e. The second kappa shape index (κ2) is 7.41. The van der Waals surface area contributed by atoms with E-state index in [-0.39, 0.29) is 12.3 Å². The van der Waals surface area contributed by atoms with Crippen LogP contribution in [-0.4, -0.2) is 22.0 Å². The molecule has 0 aliphatic heterocycles. The van der Waals surface area contributed by atoms with Gasteiger partial charge in [-0.1, -0.05) is 25.0 Å². The minimum absolute atomic E-state index is 0.150. The molecule has 1 aromatic carbocycles. The Morgan fingerprint density at radius 1 is 1.26 bits per heavy atom. The third kappa shape index (κ3) is 4.41. The van der Waals surface area contributed by atoms with Gasteiger partial charge in [0.25, 0.3) is 0 Å². The SMILES string of the molecule is O=C(CCc1nc2ccccc2o1)NNC(=S)NC1CCCC1. The lowest BCUT2D eigenvalue weighted by molar-refractivity contribution is -0.121. The van der Waals surface area contributed by atoms with E-state index < -0.39 is 0 Å².